The molecule has 0 saturated heterocycles. The predicted octanol–water partition coefficient (Wildman–Crippen LogP) is 1.97. The lowest BCUT2D eigenvalue weighted by atomic mass is 9.94. The molecule has 19 heavy (non-hydrogen) atoms. The van der Waals surface area contributed by atoms with Gasteiger partial charge in [0.15, 0.2) is 0 Å². The van der Waals surface area contributed by atoms with Crippen molar-refractivity contribution in [2.45, 2.75) is 25.7 Å². The van der Waals surface area contributed by atoms with Gasteiger partial charge in [-0.1, -0.05) is 18.2 Å². The maximum Gasteiger partial charge on any atom is 0.306 e. The zero-order valence-corrected chi connectivity index (χ0v) is 10.6. The van der Waals surface area contributed by atoms with E-state index in [1.807, 2.05) is 0 Å². The van der Waals surface area contributed by atoms with Gasteiger partial charge in [0, 0.05) is 11.6 Å². The van der Waals surface area contributed by atoms with Gasteiger partial charge in [0.25, 0.3) is 5.69 Å². The van der Waals surface area contributed by atoms with E-state index in [0.29, 0.717) is 37.8 Å². The van der Waals surface area contributed by atoms with E-state index in [0.717, 1.165) is 0 Å². The molecule has 0 amide bonds. The Balaban J connectivity index is 2.68. The number of nitrogens with two attached hydrogens (primary N) is 1. The molecule has 6 nitrogen and oxygen atoms in total. The lowest BCUT2D eigenvalue weighted by molar-refractivity contribution is -0.385. The molecule has 3 N–H and O–H groups in total. The highest BCUT2D eigenvalue weighted by molar-refractivity contribution is 5.69. The number of hydrogen-bond donors (Lipinski definition) is 2. The van der Waals surface area contributed by atoms with Gasteiger partial charge in [0.2, 0.25) is 0 Å². The highest BCUT2D eigenvalue weighted by atomic mass is 16.6. The van der Waals surface area contributed by atoms with E-state index in [2.05, 4.69) is 0 Å². The minimum Gasteiger partial charge on any atom is -0.481 e. The van der Waals surface area contributed by atoms with Gasteiger partial charge in [-0.15, -0.1) is 0 Å². The summed E-state index contributed by atoms with van der Waals surface area (Å²) in [6.45, 7) is 0.454. The van der Waals surface area contributed by atoms with Crippen LogP contribution in [0.3, 0.4) is 0 Å². The molecule has 0 aliphatic heterocycles. The molecule has 1 aromatic rings. The average Bonchev–Trinajstić information content (AvgIpc) is 2.38. The molecule has 6 heteroatoms. The second kappa shape index (κ2) is 7.48. The Morgan fingerprint density at radius 2 is 2.05 bits per heavy atom. The molecule has 1 rings (SSSR count). The van der Waals surface area contributed by atoms with Crippen molar-refractivity contribution in [3.8, 4) is 0 Å². The molecule has 0 aromatic heterocycles. The van der Waals surface area contributed by atoms with Gasteiger partial charge in [0.1, 0.15) is 0 Å². The summed E-state index contributed by atoms with van der Waals surface area (Å²) >= 11 is 0. The van der Waals surface area contributed by atoms with Crippen LogP contribution >= 0.6 is 0 Å². The third kappa shape index (κ3) is 4.67. The first-order valence-electron chi connectivity index (χ1n) is 6.21. The number of benzene rings is 1. The Morgan fingerprint density at radius 3 is 2.63 bits per heavy atom. The van der Waals surface area contributed by atoms with Crippen LogP contribution in [0.15, 0.2) is 24.3 Å². The van der Waals surface area contributed by atoms with Crippen molar-refractivity contribution in [1.29, 1.82) is 0 Å². The highest BCUT2D eigenvalue weighted by Crippen LogP contribution is 2.22. The van der Waals surface area contributed by atoms with Gasteiger partial charge < -0.3 is 10.8 Å². The number of rotatable bonds is 8. The van der Waals surface area contributed by atoms with E-state index >= 15 is 0 Å². The molecule has 1 atom stereocenters. The Bertz CT molecular complexity index is 448. The van der Waals surface area contributed by atoms with Gasteiger partial charge >= 0.3 is 5.97 Å². The third-order valence-corrected chi connectivity index (χ3v) is 3.06. The Morgan fingerprint density at radius 1 is 1.37 bits per heavy atom. The summed E-state index contributed by atoms with van der Waals surface area (Å²) in [6, 6.07) is 6.42. The van der Waals surface area contributed by atoms with Gasteiger partial charge in [-0.05, 0) is 32.2 Å². The molecule has 0 bridgehead atoms. The van der Waals surface area contributed by atoms with Gasteiger partial charge in [0.05, 0.1) is 10.8 Å². The Hall–Kier alpha value is -1.95. The van der Waals surface area contributed by atoms with Crippen LogP contribution < -0.4 is 5.73 Å². The topological polar surface area (TPSA) is 106 Å². The standard InChI is InChI=1S/C13H18N2O4/c14-9-3-5-11(13(16)17)8-7-10-4-1-2-6-12(10)15(18)19/h1-2,4,6,11H,3,5,7-9,14H2,(H,16,17). The SMILES string of the molecule is NCCCC(CCc1ccccc1[N+](=O)[O-])C(=O)O. The number of nitro groups is 1. The van der Waals surface area contributed by atoms with Crippen molar-refractivity contribution in [2.75, 3.05) is 6.54 Å². The summed E-state index contributed by atoms with van der Waals surface area (Å²) in [5.74, 6) is -1.37. The molecule has 0 heterocycles. The Labute approximate surface area is 111 Å². The van der Waals surface area contributed by atoms with E-state index in [1.54, 1.807) is 18.2 Å². The number of carbonyl (C=O) groups is 1. The quantitative estimate of drug-likeness (QED) is 0.552. The molecular weight excluding hydrogens is 248 g/mol. The molecule has 0 aliphatic rings. The summed E-state index contributed by atoms with van der Waals surface area (Å²) in [5, 5.41) is 19.9. The number of hydrogen-bond acceptors (Lipinski definition) is 4. The van der Waals surface area contributed by atoms with Crippen LogP contribution in [0.1, 0.15) is 24.8 Å². The normalized spacial score (nSPS) is 12.1. The van der Waals surface area contributed by atoms with Crippen LogP contribution in [-0.2, 0) is 11.2 Å². The van der Waals surface area contributed by atoms with E-state index in [9.17, 15) is 14.9 Å². The zero-order chi connectivity index (χ0) is 14.3. The lowest BCUT2D eigenvalue weighted by Crippen LogP contribution is -2.16. The van der Waals surface area contributed by atoms with Gasteiger partial charge in [-0.25, -0.2) is 0 Å². The third-order valence-electron chi connectivity index (χ3n) is 3.06. The number of para-hydroxylation sites is 1. The van der Waals surface area contributed by atoms with Crippen molar-refractivity contribution in [1.82, 2.24) is 0 Å². The number of carboxylic acids is 1. The average molecular weight is 266 g/mol. The number of nitro benzene ring substituents is 1. The monoisotopic (exact) mass is 266 g/mol. The van der Waals surface area contributed by atoms with E-state index in [4.69, 9.17) is 10.8 Å². The fraction of sp³-hybridized carbons (Fsp3) is 0.462. The second-order valence-electron chi connectivity index (χ2n) is 4.39. The second-order valence-corrected chi connectivity index (χ2v) is 4.39. The minimum absolute atomic E-state index is 0.0467. The van der Waals surface area contributed by atoms with E-state index < -0.39 is 16.8 Å². The van der Waals surface area contributed by atoms with Crippen LogP contribution in [0.5, 0.6) is 0 Å². The largest absolute Gasteiger partial charge is 0.481 e. The van der Waals surface area contributed by atoms with E-state index in [1.165, 1.54) is 6.07 Å². The predicted molar refractivity (Wildman–Crippen MR) is 70.8 cm³/mol. The summed E-state index contributed by atoms with van der Waals surface area (Å²) < 4.78 is 0. The molecule has 0 saturated carbocycles. The number of aryl methyl sites for hydroxylation is 1. The first kappa shape index (κ1) is 15.1. The lowest BCUT2D eigenvalue weighted by Gasteiger charge is -2.11. The maximum absolute atomic E-state index is 11.1. The summed E-state index contributed by atoms with van der Waals surface area (Å²) in [5.41, 5.74) is 5.99. The van der Waals surface area contributed by atoms with E-state index in [-0.39, 0.29) is 5.69 Å². The van der Waals surface area contributed by atoms with Crippen molar-refractivity contribution in [3.05, 3.63) is 39.9 Å². The Kier molecular flexibility index (Phi) is 5.95. The first-order valence-corrected chi connectivity index (χ1v) is 6.21. The first-order chi connectivity index (χ1) is 9.06. The van der Waals surface area contributed by atoms with Crippen LogP contribution in [-0.4, -0.2) is 22.5 Å². The molecule has 0 spiro atoms. The molecular formula is C13H18N2O4. The molecule has 1 unspecified atom stereocenters. The highest BCUT2D eigenvalue weighted by Gasteiger charge is 2.19. The molecule has 0 aliphatic carbocycles. The maximum atomic E-state index is 11.1. The summed E-state index contributed by atoms with van der Waals surface area (Å²) in [4.78, 5) is 21.5. The summed E-state index contributed by atoms with van der Waals surface area (Å²) in [6.07, 6.45) is 1.93. The van der Waals surface area contributed by atoms with Crippen molar-refractivity contribution in [3.63, 3.8) is 0 Å². The van der Waals surface area contributed by atoms with Gasteiger partial charge in [-0.3, -0.25) is 14.9 Å². The minimum atomic E-state index is -0.868. The molecule has 0 fully saturated rings. The van der Waals surface area contributed by atoms with Crippen LogP contribution in [0, 0.1) is 16.0 Å². The number of nitrogens with zero attached hydrogens (tertiary/aromatic N) is 1. The molecule has 104 valence electrons. The fourth-order valence-corrected chi connectivity index (χ4v) is 1.99. The van der Waals surface area contributed by atoms with Crippen molar-refractivity contribution < 1.29 is 14.8 Å². The van der Waals surface area contributed by atoms with Crippen LogP contribution in [0.25, 0.3) is 0 Å². The number of aliphatic carboxylic acids is 1. The van der Waals surface area contributed by atoms with Crippen LogP contribution in [0.2, 0.25) is 0 Å². The smallest absolute Gasteiger partial charge is 0.306 e. The summed E-state index contributed by atoms with van der Waals surface area (Å²) in [7, 11) is 0. The van der Waals surface area contributed by atoms with Gasteiger partial charge in [-0.2, -0.15) is 0 Å². The number of carboxylic acid groups (broad SMARTS) is 1. The zero-order valence-electron chi connectivity index (χ0n) is 10.6. The molecule has 0 radical (unpaired) electrons. The fourth-order valence-electron chi connectivity index (χ4n) is 1.99. The van der Waals surface area contributed by atoms with Crippen molar-refractivity contribution in [2.24, 2.45) is 11.7 Å². The van der Waals surface area contributed by atoms with Crippen molar-refractivity contribution >= 4 is 11.7 Å². The molecule has 1 aromatic carbocycles. The van der Waals surface area contributed by atoms with Crippen LogP contribution in [0.4, 0.5) is 5.69 Å².